The van der Waals surface area contributed by atoms with Gasteiger partial charge in [0, 0.05) is 23.5 Å². The van der Waals surface area contributed by atoms with E-state index in [1.165, 1.54) is 18.2 Å². The van der Waals surface area contributed by atoms with Crippen LogP contribution >= 0.6 is 0 Å². The van der Waals surface area contributed by atoms with Crippen LogP contribution in [-0.2, 0) is 9.53 Å². The van der Waals surface area contributed by atoms with Gasteiger partial charge in [-0.05, 0) is 36.8 Å². The van der Waals surface area contributed by atoms with Crippen LogP contribution in [0.1, 0.15) is 30.1 Å². The van der Waals surface area contributed by atoms with Crippen LogP contribution in [0.4, 0.5) is 17.1 Å². The zero-order valence-electron chi connectivity index (χ0n) is 14.9. The third-order valence-corrected chi connectivity index (χ3v) is 3.65. The molecule has 1 amide bonds. The third kappa shape index (κ3) is 6.43. The Morgan fingerprint density at radius 3 is 2.52 bits per heavy atom. The summed E-state index contributed by atoms with van der Waals surface area (Å²) in [6.45, 7) is 2.39. The molecule has 27 heavy (non-hydrogen) atoms. The number of esters is 1. The molecule has 0 saturated carbocycles. The van der Waals surface area contributed by atoms with E-state index in [1.807, 2.05) is 6.92 Å². The van der Waals surface area contributed by atoms with Gasteiger partial charge in [0.1, 0.15) is 0 Å². The van der Waals surface area contributed by atoms with Crippen LogP contribution in [0.5, 0.6) is 0 Å². The van der Waals surface area contributed by atoms with Gasteiger partial charge in [-0.15, -0.1) is 0 Å². The van der Waals surface area contributed by atoms with E-state index in [9.17, 15) is 19.7 Å². The molecule has 0 fully saturated rings. The van der Waals surface area contributed by atoms with Crippen molar-refractivity contribution in [2.45, 2.75) is 19.8 Å². The number of amides is 1. The molecule has 0 saturated heterocycles. The molecular formula is C19H21N3O5. The minimum Gasteiger partial charge on any atom is -0.462 e. The van der Waals surface area contributed by atoms with Crippen LogP contribution in [0.2, 0.25) is 0 Å². The van der Waals surface area contributed by atoms with E-state index in [4.69, 9.17) is 4.74 Å². The highest BCUT2D eigenvalue weighted by atomic mass is 16.6. The second-order valence-corrected chi connectivity index (χ2v) is 5.78. The van der Waals surface area contributed by atoms with Crippen LogP contribution in [0, 0.1) is 10.1 Å². The predicted octanol–water partition coefficient (Wildman–Crippen LogP) is 3.60. The lowest BCUT2D eigenvalue weighted by molar-refractivity contribution is -0.384. The largest absolute Gasteiger partial charge is 0.462 e. The normalized spacial score (nSPS) is 10.1. The standard InChI is InChI=1S/C19H21N3O5/c1-2-3-11-27-19(24)14-7-9-15(10-8-14)20-13-18(23)21-16-5-4-6-17(12-16)22(25)26/h4-10,12,20H,2-3,11,13H2,1H3,(H,21,23). The summed E-state index contributed by atoms with van der Waals surface area (Å²) in [6.07, 6.45) is 1.78. The summed E-state index contributed by atoms with van der Waals surface area (Å²) < 4.78 is 5.13. The molecule has 2 N–H and O–H groups in total. The smallest absolute Gasteiger partial charge is 0.338 e. The maximum atomic E-state index is 12.0. The average Bonchev–Trinajstić information content (AvgIpc) is 2.67. The number of nitrogens with one attached hydrogen (secondary N) is 2. The Hall–Kier alpha value is -3.42. The lowest BCUT2D eigenvalue weighted by Gasteiger charge is -2.09. The number of carbonyl (C=O) groups is 2. The maximum absolute atomic E-state index is 12.0. The number of nitrogens with zero attached hydrogens (tertiary/aromatic N) is 1. The van der Waals surface area contributed by atoms with E-state index < -0.39 is 4.92 Å². The Bertz CT molecular complexity index is 805. The molecule has 0 aliphatic heterocycles. The topological polar surface area (TPSA) is 111 Å². The van der Waals surface area contributed by atoms with Gasteiger partial charge in [-0.1, -0.05) is 19.4 Å². The Balaban J connectivity index is 1.83. The van der Waals surface area contributed by atoms with E-state index in [0.29, 0.717) is 23.5 Å². The molecule has 142 valence electrons. The molecule has 8 nitrogen and oxygen atoms in total. The molecular weight excluding hydrogens is 350 g/mol. The average molecular weight is 371 g/mol. The van der Waals surface area contributed by atoms with Gasteiger partial charge in [-0.25, -0.2) is 4.79 Å². The second-order valence-electron chi connectivity index (χ2n) is 5.78. The SMILES string of the molecule is CCCCOC(=O)c1ccc(NCC(=O)Nc2cccc([N+](=O)[O-])c2)cc1. The van der Waals surface area contributed by atoms with Gasteiger partial charge in [0.2, 0.25) is 5.91 Å². The van der Waals surface area contributed by atoms with Gasteiger partial charge in [-0.2, -0.15) is 0 Å². The number of benzene rings is 2. The third-order valence-electron chi connectivity index (χ3n) is 3.65. The summed E-state index contributed by atoms with van der Waals surface area (Å²) in [5.74, 6) is -0.725. The first-order valence-corrected chi connectivity index (χ1v) is 8.55. The summed E-state index contributed by atoms with van der Waals surface area (Å²) in [6, 6.07) is 12.3. The zero-order chi connectivity index (χ0) is 19.6. The molecule has 2 aromatic rings. The van der Waals surface area contributed by atoms with Crippen molar-refractivity contribution in [1.82, 2.24) is 0 Å². The first kappa shape index (κ1) is 19.9. The van der Waals surface area contributed by atoms with Crippen molar-refractivity contribution in [2.75, 3.05) is 23.8 Å². The molecule has 0 aliphatic rings. The number of non-ortho nitro benzene ring substituents is 1. The van der Waals surface area contributed by atoms with Crippen molar-refractivity contribution in [3.63, 3.8) is 0 Å². The zero-order valence-corrected chi connectivity index (χ0v) is 14.9. The summed E-state index contributed by atoms with van der Waals surface area (Å²) in [7, 11) is 0. The molecule has 0 atom stereocenters. The molecule has 2 aromatic carbocycles. The maximum Gasteiger partial charge on any atom is 0.338 e. The number of rotatable bonds is 9. The number of carbonyl (C=O) groups excluding carboxylic acids is 2. The summed E-state index contributed by atoms with van der Waals surface area (Å²) >= 11 is 0. The summed E-state index contributed by atoms with van der Waals surface area (Å²) in [5, 5.41) is 16.3. The Kier molecular flexibility index (Phi) is 7.30. The van der Waals surface area contributed by atoms with E-state index in [2.05, 4.69) is 10.6 Å². The quantitative estimate of drug-likeness (QED) is 0.301. The lowest BCUT2D eigenvalue weighted by Crippen LogP contribution is -2.21. The van der Waals surface area contributed by atoms with Gasteiger partial charge >= 0.3 is 5.97 Å². The molecule has 0 unspecified atom stereocenters. The number of hydrogen-bond acceptors (Lipinski definition) is 6. The van der Waals surface area contributed by atoms with Crippen molar-refractivity contribution in [2.24, 2.45) is 0 Å². The van der Waals surface area contributed by atoms with Crippen molar-refractivity contribution in [3.05, 3.63) is 64.2 Å². The minimum atomic E-state index is -0.525. The number of hydrogen-bond donors (Lipinski definition) is 2. The monoisotopic (exact) mass is 371 g/mol. The second kappa shape index (κ2) is 9.91. The number of anilines is 2. The number of ether oxygens (including phenoxy) is 1. The van der Waals surface area contributed by atoms with Crippen molar-refractivity contribution >= 4 is 28.9 Å². The van der Waals surface area contributed by atoms with Crippen LogP contribution in [-0.4, -0.2) is 30.0 Å². The highest BCUT2D eigenvalue weighted by Gasteiger charge is 2.09. The van der Waals surface area contributed by atoms with Crippen molar-refractivity contribution < 1.29 is 19.2 Å². The molecule has 0 aliphatic carbocycles. The highest BCUT2D eigenvalue weighted by molar-refractivity contribution is 5.94. The van der Waals surface area contributed by atoms with E-state index in [-0.39, 0.29) is 24.1 Å². The van der Waals surface area contributed by atoms with Gasteiger partial charge in [-0.3, -0.25) is 14.9 Å². The van der Waals surface area contributed by atoms with Crippen molar-refractivity contribution in [1.29, 1.82) is 0 Å². The number of nitro groups is 1. The Morgan fingerprint density at radius 1 is 1.11 bits per heavy atom. The number of unbranched alkanes of at least 4 members (excludes halogenated alkanes) is 1. The van der Waals surface area contributed by atoms with Crippen LogP contribution in [0.3, 0.4) is 0 Å². The molecule has 2 rings (SSSR count). The van der Waals surface area contributed by atoms with Crippen molar-refractivity contribution in [3.8, 4) is 0 Å². The van der Waals surface area contributed by atoms with Gasteiger partial charge in [0.25, 0.3) is 5.69 Å². The minimum absolute atomic E-state index is 0.0248. The summed E-state index contributed by atoms with van der Waals surface area (Å²) in [5.41, 5.74) is 1.36. The van der Waals surface area contributed by atoms with Gasteiger partial charge in [0.15, 0.2) is 0 Å². The molecule has 0 spiro atoms. The van der Waals surface area contributed by atoms with Gasteiger partial charge in [0.05, 0.1) is 23.6 Å². The van der Waals surface area contributed by atoms with Crippen LogP contribution in [0.15, 0.2) is 48.5 Å². The first-order valence-electron chi connectivity index (χ1n) is 8.55. The lowest BCUT2D eigenvalue weighted by atomic mass is 10.2. The Morgan fingerprint density at radius 2 is 1.85 bits per heavy atom. The Labute approximate surface area is 156 Å². The van der Waals surface area contributed by atoms with E-state index >= 15 is 0 Å². The number of nitro benzene ring substituents is 1. The molecule has 0 heterocycles. The molecule has 0 aromatic heterocycles. The van der Waals surface area contributed by atoms with Crippen LogP contribution in [0.25, 0.3) is 0 Å². The van der Waals surface area contributed by atoms with Gasteiger partial charge < -0.3 is 15.4 Å². The van der Waals surface area contributed by atoms with Crippen LogP contribution < -0.4 is 10.6 Å². The molecule has 0 radical (unpaired) electrons. The fraction of sp³-hybridized carbons (Fsp3) is 0.263. The molecule has 8 heteroatoms. The fourth-order valence-corrected chi connectivity index (χ4v) is 2.20. The predicted molar refractivity (Wildman–Crippen MR) is 102 cm³/mol. The highest BCUT2D eigenvalue weighted by Crippen LogP contribution is 2.17. The fourth-order valence-electron chi connectivity index (χ4n) is 2.20. The first-order chi connectivity index (χ1) is 13.0. The van der Waals surface area contributed by atoms with E-state index in [1.54, 1.807) is 30.3 Å². The van der Waals surface area contributed by atoms with E-state index in [0.717, 1.165) is 12.8 Å². The summed E-state index contributed by atoms with van der Waals surface area (Å²) in [4.78, 5) is 34.0. The molecule has 0 bridgehead atoms.